The van der Waals surface area contributed by atoms with Crippen LogP contribution in [0.2, 0.25) is 0 Å². The summed E-state index contributed by atoms with van der Waals surface area (Å²) in [7, 11) is 0. The molecule has 6 nitrogen and oxygen atoms in total. The van der Waals surface area contributed by atoms with E-state index in [2.05, 4.69) is 15.3 Å². The van der Waals surface area contributed by atoms with Crippen LogP contribution in [-0.2, 0) is 6.18 Å². The third kappa shape index (κ3) is 4.00. The molecule has 29 heavy (non-hydrogen) atoms. The normalized spacial score (nSPS) is 12.9. The summed E-state index contributed by atoms with van der Waals surface area (Å²) in [5.74, 6) is -1.19. The number of carbonyl (C=O) groups is 1. The van der Waals surface area contributed by atoms with Crippen LogP contribution in [0.1, 0.15) is 41.6 Å². The summed E-state index contributed by atoms with van der Waals surface area (Å²) in [6.07, 6.45) is -4.65. The molecule has 1 atom stereocenters. The van der Waals surface area contributed by atoms with E-state index in [4.69, 9.17) is 0 Å². The van der Waals surface area contributed by atoms with Gasteiger partial charge in [0.05, 0.1) is 22.9 Å². The number of hydrogen-bond donors (Lipinski definition) is 3. The Morgan fingerprint density at radius 3 is 2.48 bits per heavy atom. The number of pyridine rings is 2. The molecule has 0 radical (unpaired) electrons. The molecule has 3 N–H and O–H groups in total. The van der Waals surface area contributed by atoms with Gasteiger partial charge < -0.3 is 15.4 Å². The van der Waals surface area contributed by atoms with Crippen molar-refractivity contribution in [2.45, 2.75) is 26.1 Å². The molecule has 1 unspecified atom stereocenters. The number of H-pyrrole nitrogens is 1. The summed E-state index contributed by atoms with van der Waals surface area (Å²) in [5.41, 5.74) is -3.17. The van der Waals surface area contributed by atoms with Gasteiger partial charge in [-0.3, -0.25) is 9.59 Å². The van der Waals surface area contributed by atoms with Crippen LogP contribution >= 0.6 is 0 Å². The quantitative estimate of drug-likeness (QED) is 0.614. The van der Waals surface area contributed by atoms with Crippen molar-refractivity contribution in [3.63, 3.8) is 0 Å². The highest BCUT2D eigenvalue weighted by molar-refractivity contribution is 6.06. The molecule has 0 aliphatic carbocycles. The summed E-state index contributed by atoms with van der Waals surface area (Å²) in [4.78, 5) is 32.3. The summed E-state index contributed by atoms with van der Waals surface area (Å²) in [6, 6.07) is 7.87. The van der Waals surface area contributed by atoms with Crippen LogP contribution in [0.3, 0.4) is 0 Å². The maximum Gasteiger partial charge on any atom is 0.418 e. The predicted octanol–water partition coefficient (Wildman–Crippen LogP) is 3.88. The standard InChI is InChI=1S/C20H18F3N3O3/c1-10(2)17(27)16-14(19(29)25-13-8-3-4-9-24-13)18(28)11-6-5-7-12(15(11)26-16)20(21,22)23/h3-10,17,27H,1-2H3,(H,26,28)(H,24,25,29). The number of aromatic nitrogens is 2. The number of benzene rings is 1. The lowest BCUT2D eigenvalue weighted by Crippen LogP contribution is -2.28. The van der Waals surface area contributed by atoms with Gasteiger partial charge in [0.1, 0.15) is 11.4 Å². The Labute approximate surface area is 163 Å². The Balaban J connectivity index is 2.28. The minimum atomic E-state index is -4.72. The SMILES string of the molecule is CC(C)C(O)c1[nH]c2c(C(F)(F)F)cccc2c(=O)c1C(=O)Nc1ccccn1. The van der Waals surface area contributed by atoms with E-state index in [1.807, 2.05) is 0 Å². The summed E-state index contributed by atoms with van der Waals surface area (Å²) in [6.45, 7) is 3.23. The number of aliphatic hydroxyl groups excluding tert-OH is 1. The summed E-state index contributed by atoms with van der Waals surface area (Å²) < 4.78 is 40.2. The molecule has 0 saturated heterocycles. The average molecular weight is 405 g/mol. The van der Waals surface area contributed by atoms with Crippen molar-refractivity contribution in [3.8, 4) is 0 Å². The third-order valence-electron chi connectivity index (χ3n) is 4.43. The van der Waals surface area contributed by atoms with Gasteiger partial charge >= 0.3 is 6.18 Å². The van der Waals surface area contributed by atoms with Crippen LogP contribution in [0, 0.1) is 5.92 Å². The van der Waals surface area contributed by atoms with Gasteiger partial charge in [-0.15, -0.1) is 0 Å². The molecule has 2 aromatic heterocycles. The zero-order chi connectivity index (χ0) is 21.3. The fourth-order valence-corrected chi connectivity index (χ4v) is 2.96. The van der Waals surface area contributed by atoms with Crippen LogP contribution < -0.4 is 10.7 Å². The Hall–Kier alpha value is -3.20. The Morgan fingerprint density at radius 2 is 1.90 bits per heavy atom. The molecule has 0 fully saturated rings. The lowest BCUT2D eigenvalue weighted by atomic mass is 9.96. The van der Waals surface area contributed by atoms with E-state index in [1.54, 1.807) is 26.0 Å². The molecule has 0 spiro atoms. The van der Waals surface area contributed by atoms with Crippen LogP contribution in [-0.4, -0.2) is 21.0 Å². The highest BCUT2D eigenvalue weighted by Crippen LogP contribution is 2.34. The Kier molecular flexibility index (Phi) is 5.43. The van der Waals surface area contributed by atoms with E-state index >= 15 is 0 Å². The molecule has 0 aliphatic rings. The van der Waals surface area contributed by atoms with E-state index in [1.165, 1.54) is 18.3 Å². The number of nitrogens with one attached hydrogen (secondary N) is 2. The van der Waals surface area contributed by atoms with Crippen LogP contribution in [0.4, 0.5) is 19.0 Å². The maximum absolute atomic E-state index is 13.4. The minimum Gasteiger partial charge on any atom is -0.387 e. The van der Waals surface area contributed by atoms with E-state index in [9.17, 15) is 27.9 Å². The number of alkyl halides is 3. The first-order valence-corrected chi connectivity index (χ1v) is 8.77. The number of anilines is 1. The molecule has 0 saturated carbocycles. The molecular formula is C20H18F3N3O3. The molecule has 3 aromatic rings. The molecule has 1 aromatic carbocycles. The van der Waals surface area contributed by atoms with E-state index in [-0.39, 0.29) is 16.9 Å². The van der Waals surface area contributed by atoms with Gasteiger partial charge in [-0.05, 0) is 30.2 Å². The highest BCUT2D eigenvalue weighted by Gasteiger charge is 2.35. The van der Waals surface area contributed by atoms with Crippen molar-refractivity contribution in [1.82, 2.24) is 9.97 Å². The lowest BCUT2D eigenvalue weighted by Gasteiger charge is -2.20. The van der Waals surface area contributed by atoms with Gasteiger partial charge in [0, 0.05) is 11.6 Å². The smallest absolute Gasteiger partial charge is 0.387 e. The van der Waals surface area contributed by atoms with Crippen molar-refractivity contribution in [1.29, 1.82) is 0 Å². The first-order chi connectivity index (χ1) is 13.6. The molecule has 0 bridgehead atoms. The number of amides is 1. The Bertz CT molecular complexity index is 1110. The van der Waals surface area contributed by atoms with Crippen LogP contribution in [0.25, 0.3) is 10.9 Å². The second-order valence-electron chi connectivity index (χ2n) is 6.83. The molecule has 1 amide bonds. The number of carbonyl (C=O) groups excluding carboxylic acids is 1. The number of rotatable bonds is 4. The molecular weight excluding hydrogens is 387 g/mol. The first kappa shape index (κ1) is 20.5. The van der Waals surface area contributed by atoms with E-state index in [0.717, 1.165) is 12.1 Å². The van der Waals surface area contributed by atoms with Crippen molar-refractivity contribution >= 4 is 22.6 Å². The van der Waals surface area contributed by atoms with Crippen molar-refractivity contribution < 1.29 is 23.1 Å². The van der Waals surface area contributed by atoms with E-state index in [0.29, 0.717) is 0 Å². The zero-order valence-electron chi connectivity index (χ0n) is 15.5. The fourth-order valence-electron chi connectivity index (χ4n) is 2.96. The van der Waals surface area contributed by atoms with Crippen molar-refractivity contribution in [2.75, 3.05) is 5.32 Å². The number of nitrogens with zero attached hydrogens (tertiary/aromatic N) is 1. The Morgan fingerprint density at radius 1 is 1.17 bits per heavy atom. The van der Waals surface area contributed by atoms with Crippen molar-refractivity contribution in [3.05, 3.63) is 69.6 Å². The summed E-state index contributed by atoms with van der Waals surface area (Å²) >= 11 is 0. The molecule has 3 rings (SSSR count). The fraction of sp³-hybridized carbons (Fsp3) is 0.250. The van der Waals surface area contributed by atoms with Gasteiger partial charge in [0.25, 0.3) is 5.91 Å². The van der Waals surface area contributed by atoms with Crippen LogP contribution in [0.5, 0.6) is 0 Å². The van der Waals surface area contributed by atoms with Gasteiger partial charge in [0.2, 0.25) is 5.43 Å². The summed E-state index contributed by atoms with van der Waals surface area (Å²) in [5, 5.41) is 12.7. The zero-order valence-corrected chi connectivity index (χ0v) is 15.5. The highest BCUT2D eigenvalue weighted by atomic mass is 19.4. The number of hydrogen-bond acceptors (Lipinski definition) is 4. The maximum atomic E-state index is 13.4. The average Bonchev–Trinajstić information content (AvgIpc) is 2.66. The van der Waals surface area contributed by atoms with Crippen molar-refractivity contribution in [2.24, 2.45) is 5.92 Å². The lowest BCUT2D eigenvalue weighted by molar-refractivity contribution is -0.136. The number of halogens is 3. The predicted molar refractivity (Wildman–Crippen MR) is 102 cm³/mol. The van der Waals surface area contributed by atoms with Crippen LogP contribution in [0.15, 0.2) is 47.4 Å². The largest absolute Gasteiger partial charge is 0.418 e. The third-order valence-corrected chi connectivity index (χ3v) is 4.43. The van der Waals surface area contributed by atoms with Gasteiger partial charge in [-0.1, -0.05) is 26.0 Å². The number of aromatic amines is 1. The minimum absolute atomic E-state index is 0.158. The number of para-hydroxylation sites is 1. The molecule has 0 aliphatic heterocycles. The second-order valence-corrected chi connectivity index (χ2v) is 6.83. The molecule has 9 heteroatoms. The topological polar surface area (TPSA) is 95.1 Å². The van der Waals surface area contributed by atoms with Gasteiger partial charge in [-0.2, -0.15) is 13.2 Å². The van der Waals surface area contributed by atoms with E-state index < -0.39 is 46.2 Å². The molecule has 2 heterocycles. The monoisotopic (exact) mass is 405 g/mol. The first-order valence-electron chi connectivity index (χ1n) is 8.77. The number of fused-ring (bicyclic) bond motifs is 1. The molecule has 152 valence electrons. The van der Waals surface area contributed by atoms with Gasteiger partial charge in [0.15, 0.2) is 0 Å². The number of aliphatic hydroxyl groups is 1. The van der Waals surface area contributed by atoms with Gasteiger partial charge in [-0.25, -0.2) is 4.98 Å². The second kappa shape index (κ2) is 7.67.